The van der Waals surface area contributed by atoms with Crippen LogP contribution in [0.1, 0.15) is 0 Å². The molecule has 0 radical (unpaired) electrons. The summed E-state index contributed by atoms with van der Waals surface area (Å²) in [6, 6.07) is 0. The molecule has 76 valence electrons. The molecule has 4 atom stereocenters. The van der Waals surface area contributed by atoms with Gasteiger partial charge in [0.05, 0.1) is 13.2 Å². The predicted molar refractivity (Wildman–Crippen MR) is 43.9 cm³/mol. The van der Waals surface area contributed by atoms with Crippen molar-refractivity contribution in [3.05, 3.63) is 12.7 Å². The Hall–Kier alpha value is -0.460. The summed E-state index contributed by atoms with van der Waals surface area (Å²) in [6.45, 7) is 3.39. The fourth-order valence-corrected chi connectivity index (χ4v) is 1.25. The molecular formula is C8H14O5. The van der Waals surface area contributed by atoms with Crippen molar-refractivity contribution in [2.75, 3.05) is 13.2 Å². The standard InChI is InChI=1S/C8H14O5/c1-2-3-12-7-5(4-9)13-8(11)6(7)10/h2,5-11H,1,3-4H2/t5-,6+,7-,8+/m1/s1. The summed E-state index contributed by atoms with van der Waals surface area (Å²) in [6.07, 6.45) is -2.25. The zero-order chi connectivity index (χ0) is 9.84. The molecule has 0 spiro atoms. The van der Waals surface area contributed by atoms with Gasteiger partial charge in [0.15, 0.2) is 6.29 Å². The second-order valence-electron chi connectivity index (χ2n) is 2.82. The molecule has 0 aromatic carbocycles. The Morgan fingerprint density at radius 3 is 2.69 bits per heavy atom. The number of rotatable bonds is 4. The fraction of sp³-hybridized carbons (Fsp3) is 0.750. The molecule has 5 heteroatoms. The average molecular weight is 190 g/mol. The van der Waals surface area contributed by atoms with E-state index in [2.05, 4.69) is 6.58 Å². The predicted octanol–water partition coefficient (Wildman–Crippen LogP) is -1.37. The quantitative estimate of drug-likeness (QED) is 0.476. The van der Waals surface area contributed by atoms with E-state index in [1.54, 1.807) is 0 Å². The molecule has 5 nitrogen and oxygen atoms in total. The summed E-state index contributed by atoms with van der Waals surface area (Å²) in [4.78, 5) is 0. The molecule has 1 heterocycles. The van der Waals surface area contributed by atoms with Gasteiger partial charge in [-0.3, -0.25) is 0 Å². The van der Waals surface area contributed by atoms with Crippen molar-refractivity contribution in [3.63, 3.8) is 0 Å². The number of hydrogen-bond acceptors (Lipinski definition) is 5. The van der Waals surface area contributed by atoms with Crippen molar-refractivity contribution in [3.8, 4) is 0 Å². The van der Waals surface area contributed by atoms with Crippen LogP contribution in [0.4, 0.5) is 0 Å². The van der Waals surface area contributed by atoms with Crippen LogP contribution in [0, 0.1) is 0 Å². The van der Waals surface area contributed by atoms with Gasteiger partial charge in [0.2, 0.25) is 0 Å². The van der Waals surface area contributed by atoms with Crippen molar-refractivity contribution in [1.29, 1.82) is 0 Å². The lowest BCUT2D eigenvalue weighted by Crippen LogP contribution is -2.36. The molecule has 13 heavy (non-hydrogen) atoms. The van der Waals surface area contributed by atoms with Crippen molar-refractivity contribution in [2.45, 2.75) is 24.6 Å². The van der Waals surface area contributed by atoms with Crippen LogP contribution in [0.3, 0.4) is 0 Å². The van der Waals surface area contributed by atoms with E-state index in [4.69, 9.17) is 19.7 Å². The summed E-state index contributed by atoms with van der Waals surface area (Å²) in [5, 5.41) is 27.2. The summed E-state index contributed by atoms with van der Waals surface area (Å²) in [7, 11) is 0. The van der Waals surface area contributed by atoms with Crippen molar-refractivity contribution in [1.82, 2.24) is 0 Å². The third-order valence-corrected chi connectivity index (χ3v) is 1.90. The third-order valence-electron chi connectivity index (χ3n) is 1.90. The molecule has 1 saturated heterocycles. The van der Waals surface area contributed by atoms with E-state index < -0.39 is 24.6 Å². The molecule has 1 rings (SSSR count). The normalized spacial score (nSPS) is 39.3. The topological polar surface area (TPSA) is 79.2 Å². The largest absolute Gasteiger partial charge is 0.394 e. The summed E-state index contributed by atoms with van der Waals surface area (Å²) >= 11 is 0. The molecule has 0 bridgehead atoms. The number of ether oxygens (including phenoxy) is 2. The van der Waals surface area contributed by atoms with E-state index in [0.29, 0.717) is 0 Å². The molecule has 0 saturated carbocycles. The maximum atomic E-state index is 9.34. The van der Waals surface area contributed by atoms with Gasteiger partial charge >= 0.3 is 0 Å². The van der Waals surface area contributed by atoms with Crippen LogP contribution in [0.25, 0.3) is 0 Å². The lowest BCUT2D eigenvalue weighted by Gasteiger charge is -2.17. The first-order valence-corrected chi connectivity index (χ1v) is 4.05. The van der Waals surface area contributed by atoms with Crippen molar-refractivity contribution < 1.29 is 24.8 Å². The van der Waals surface area contributed by atoms with Gasteiger partial charge < -0.3 is 24.8 Å². The molecule has 0 unspecified atom stereocenters. The zero-order valence-electron chi connectivity index (χ0n) is 7.17. The van der Waals surface area contributed by atoms with E-state index in [1.807, 2.05) is 0 Å². The Kier molecular flexibility index (Phi) is 3.83. The van der Waals surface area contributed by atoms with E-state index in [-0.39, 0.29) is 13.2 Å². The molecule has 3 N–H and O–H groups in total. The van der Waals surface area contributed by atoms with Gasteiger partial charge in [-0.2, -0.15) is 0 Å². The van der Waals surface area contributed by atoms with Crippen LogP contribution in [-0.2, 0) is 9.47 Å². The fourth-order valence-electron chi connectivity index (χ4n) is 1.25. The smallest absolute Gasteiger partial charge is 0.184 e. The SMILES string of the molecule is C=CCO[C@H]1[C@H](O)[C@@H](O)O[C@@H]1CO. The number of hydrogen-bond donors (Lipinski definition) is 3. The van der Waals surface area contributed by atoms with Crippen LogP contribution in [-0.4, -0.2) is 53.1 Å². The van der Waals surface area contributed by atoms with Gasteiger partial charge in [-0.15, -0.1) is 6.58 Å². The maximum absolute atomic E-state index is 9.34. The Labute approximate surface area is 76.2 Å². The first-order chi connectivity index (χ1) is 6.20. The molecule has 1 fully saturated rings. The monoisotopic (exact) mass is 190 g/mol. The third kappa shape index (κ3) is 2.26. The Morgan fingerprint density at radius 2 is 2.15 bits per heavy atom. The minimum atomic E-state index is -1.29. The van der Waals surface area contributed by atoms with Gasteiger partial charge in [0.25, 0.3) is 0 Å². The molecular weight excluding hydrogens is 176 g/mol. The first kappa shape index (κ1) is 10.6. The number of aliphatic hydroxyl groups excluding tert-OH is 3. The molecule has 0 aromatic rings. The molecule has 0 amide bonds. The Morgan fingerprint density at radius 1 is 1.46 bits per heavy atom. The summed E-state index contributed by atoms with van der Waals surface area (Å²) in [5.74, 6) is 0. The lowest BCUT2D eigenvalue weighted by molar-refractivity contribution is -0.132. The highest BCUT2D eigenvalue weighted by atomic mass is 16.7. The van der Waals surface area contributed by atoms with Gasteiger partial charge in [-0.1, -0.05) is 6.08 Å². The van der Waals surface area contributed by atoms with Crippen LogP contribution in [0.5, 0.6) is 0 Å². The summed E-state index contributed by atoms with van der Waals surface area (Å²) in [5.41, 5.74) is 0. The van der Waals surface area contributed by atoms with Crippen LogP contribution >= 0.6 is 0 Å². The van der Waals surface area contributed by atoms with E-state index in [0.717, 1.165) is 0 Å². The van der Waals surface area contributed by atoms with Gasteiger partial charge in [0.1, 0.15) is 18.3 Å². The minimum Gasteiger partial charge on any atom is -0.394 e. The van der Waals surface area contributed by atoms with Gasteiger partial charge in [-0.25, -0.2) is 0 Å². The Bertz CT molecular complexity index is 172. The minimum absolute atomic E-state index is 0.244. The van der Waals surface area contributed by atoms with E-state index in [1.165, 1.54) is 6.08 Å². The van der Waals surface area contributed by atoms with E-state index >= 15 is 0 Å². The molecule has 0 aromatic heterocycles. The van der Waals surface area contributed by atoms with Crippen LogP contribution in [0.15, 0.2) is 12.7 Å². The van der Waals surface area contributed by atoms with Crippen molar-refractivity contribution in [2.24, 2.45) is 0 Å². The highest BCUT2D eigenvalue weighted by Crippen LogP contribution is 2.21. The highest BCUT2D eigenvalue weighted by molar-refractivity contribution is 4.87. The van der Waals surface area contributed by atoms with Gasteiger partial charge in [-0.05, 0) is 0 Å². The summed E-state index contributed by atoms with van der Waals surface area (Å²) < 4.78 is 9.95. The van der Waals surface area contributed by atoms with Crippen LogP contribution in [0.2, 0.25) is 0 Å². The van der Waals surface area contributed by atoms with Gasteiger partial charge in [0, 0.05) is 0 Å². The lowest BCUT2D eigenvalue weighted by atomic mass is 10.1. The Balaban J connectivity index is 2.51. The van der Waals surface area contributed by atoms with E-state index in [9.17, 15) is 5.11 Å². The molecule has 0 aliphatic carbocycles. The highest BCUT2D eigenvalue weighted by Gasteiger charge is 2.43. The van der Waals surface area contributed by atoms with Crippen molar-refractivity contribution >= 4 is 0 Å². The second kappa shape index (κ2) is 4.69. The molecule has 1 aliphatic heterocycles. The maximum Gasteiger partial charge on any atom is 0.184 e. The average Bonchev–Trinajstić information content (AvgIpc) is 2.40. The number of aliphatic hydroxyl groups is 3. The second-order valence-corrected chi connectivity index (χ2v) is 2.82. The van der Waals surface area contributed by atoms with Crippen LogP contribution < -0.4 is 0 Å². The molecule has 1 aliphatic rings. The zero-order valence-corrected chi connectivity index (χ0v) is 7.17. The first-order valence-electron chi connectivity index (χ1n) is 4.05.